The standard InChI is InChI=1S/C17H22N2Si/c1-20(2,3)17-15(13-7-5-4-6-8-13)11-14-12-18-10-9-16(14)19-17/h4-8,11,18H,9-10,12H2,1-3H3. The summed E-state index contributed by atoms with van der Waals surface area (Å²) in [7, 11) is -1.45. The SMILES string of the molecule is C[Si](C)(C)c1nc2c(cc1-c1ccccc1)CNCC2. The van der Waals surface area contributed by atoms with E-state index in [1.165, 1.54) is 27.7 Å². The number of hydrogen-bond acceptors (Lipinski definition) is 2. The summed E-state index contributed by atoms with van der Waals surface area (Å²) in [5.41, 5.74) is 5.32. The normalized spacial score (nSPS) is 14.9. The average Bonchev–Trinajstić information content (AvgIpc) is 2.46. The highest BCUT2D eigenvalue weighted by molar-refractivity contribution is 6.89. The molecule has 2 heterocycles. The molecule has 1 aliphatic heterocycles. The van der Waals surface area contributed by atoms with E-state index in [-0.39, 0.29) is 0 Å². The maximum absolute atomic E-state index is 5.08. The Labute approximate surface area is 122 Å². The molecule has 20 heavy (non-hydrogen) atoms. The highest BCUT2D eigenvalue weighted by Gasteiger charge is 2.25. The minimum atomic E-state index is -1.45. The van der Waals surface area contributed by atoms with Crippen LogP contribution in [0.1, 0.15) is 11.3 Å². The lowest BCUT2D eigenvalue weighted by Gasteiger charge is -2.25. The number of nitrogens with one attached hydrogen (secondary N) is 1. The van der Waals surface area contributed by atoms with Gasteiger partial charge in [-0.2, -0.15) is 0 Å². The second-order valence-corrected chi connectivity index (χ2v) is 11.5. The molecular weight excluding hydrogens is 260 g/mol. The molecule has 3 heteroatoms. The van der Waals surface area contributed by atoms with Crippen LogP contribution in [0.2, 0.25) is 19.6 Å². The summed E-state index contributed by atoms with van der Waals surface area (Å²) in [6.07, 6.45) is 1.06. The molecule has 1 aliphatic rings. The number of pyridine rings is 1. The van der Waals surface area contributed by atoms with Crippen LogP contribution >= 0.6 is 0 Å². The van der Waals surface area contributed by atoms with Crippen molar-refractivity contribution >= 4 is 13.4 Å². The summed E-state index contributed by atoms with van der Waals surface area (Å²) in [6, 6.07) is 13.1. The van der Waals surface area contributed by atoms with E-state index in [0.29, 0.717) is 0 Å². The summed E-state index contributed by atoms with van der Waals surface area (Å²) in [5.74, 6) is 0. The van der Waals surface area contributed by atoms with E-state index in [4.69, 9.17) is 4.98 Å². The van der Waals surface area contributed by atoms with Gasteiger partial charge in [-0.25, -0.2) is 0 Å². The Morgan fingerprint density at radius 3 is 2.55 bits per heavy atom. The van der Waals surface area contributed by atoms with Gasteiger partial charge in [0.25, 0.3) is 0 Å². The van der Waals surface area contributed by atoms with Gasteiger partial charge >= 0.3 is 0 Å². The third kappa shape index (κ3) is 2.56. The Bertz CT molecular complexity index is 615. The molecule has 0 amide bonds. The smallest absolute Gasteiger partial charge is 0.102 e. The van der Waals surface area contributed by atoms with Gasteiger partial charge in [0.2, 0.25) is 0 Å². The molecule has 0 atom stereocenters. The zero-order valence-electron chi connectivity index (χ0n) is 12.5. The van der Waals surface area contributed by atoms with E-state index in [9.17, 15) is 0 Å². The largest absolute Gasteiger partial charge is 0.312 e. The molecule has 0 saturated heterocycles. The van der Waals surface area contributed by atoms with Gasteiger partial charge in [0.15, 0.2) is 0 Å². The van der Waals surface area contributed by atoms with Crippen molar-refractivity contribution in [2.45, 2.75) is 32.6 Å². The van der Waals surface area contributed by atoms with Crippen LogP contribution in [0, 0.1) is 0 Å². The van der Waals surface area contributed by atoms with Crippen LogP contribution in [0.3, 0.4) is 0 Å². The van der Waals surface area contributed by atoms with Crippen molar-refractivity contribution in [2.24, 2.45) is 0 Å². The van der Waals surface area contributed by atoms with Gasteiger partial charge in [-0.15, -0.1) is 0 Å². The second kappa shape index (κ2) is 5.15. The highest BCUT2D eigenvalue weighted by Crippen LogP contribution is 2.23. The Morgan fingerprint density at radius 1 is 1.10 bits per heavy atom. The van der Waals surface area contributed by atoms with Gasteiger partial charge in [0, 0.05) is 30.5 Å². The Hall–Kier alpha value is -1.45. The van der Waals surface area contributed by atoms with Gasteiger partial charge in [0.05, 0.1) is 0 Å². The summed E-state index contributed by atoms with van der Waals surface area (Å²) in [4.78, 5) is 5.08. The van der Waals surface area contributed by atoms with Crippen molar-refractivity contribution < 1.29 is 0 Å². The molecule has 0 saturated carbocycles. The maximum Gasteiger partial charge on any atom is 0.102 e. The first-order valence-corrected chi connectivity index (χ1v) is 10.8. The number of rotatable bonds is 2. The van der Waals surface area contributed by atoms with E-state index in [1.54, 1.807) is 0 Å². The Morgan fingerprint density at radius 2 is 1.85 bits per heavy atom. The van der Waals surface area contributed by atoms with Crippen molar-refractivity contribution in [3.63, 3.8) is 0 Å². The quantitative estimate of drug-likeness (QED) is 0.857. The minimum Gasteiger partial charge on any atom is -0.312 e. The van der Waals surface area contributed by atoms with Crippen LogP contribution in [0.15, 0.2) is 36.4 Å². The fourth-order valence-corrected chi connectivity index (χ4v) is 4.30. The monoisotopic (exact) mass is 282 g/mol. The molecule has 0 radical (unpaired) electrons. The van der Waals surface area contributed by atoms with E-state index in [1.807, 2.05) is 0 Å². The predicted octanol–water partition coefficient (Wildman–Crippen LogP) is 2.94. The van der Waals surface area contributed by atoms with Crippen molar-refractivity contribution in [1.82, 2.24) is 10.3 Å². The van der Waals surface area contributed by atoms with Gasteiger partial charge < -0.3 is 5.32 Å². The second-order valence-electron chi connectivity index (χ2n) is 6.53. The first-order valence-electron chi connectivity index (χ1n) is 7.35. The molecule has 1 aromatic carbocycles. The summed E-state index contributed by atoms with van der Waals surface area (Å²) in [5, 5.41) is 4.80. The average molecular weight is 282 g/mol. The summed E-state index contributed by atoms with van der Waals surface area (Å²) >= 11 is 0. The van der Waals surface area contributed by atoms with Crippen molar-refractivity contribution in [2.75, 3.05) is 6.54 Å². The number of aromatic nitrogens is 1. The predicted molar refractivity (Wildman–Crippen MR) is 88.1 cm³/mol. The number of fused-ring (bicyclic) bond motifs is 1. The third-order valence-electron chi connectivity index (χ3n) is 3.84. The molecule has 2 nitrogen and oxygen atoms in total. The lowest BCUT2D eigenvalue weighted by molar-refractivity contribution is 0.632. The number of hydrogen-bond donors (Lipinski definition) is 1. The Kier molecular flexibility index (Phi) is 3.48. The maximum atomic E-state index is 5.08. The van der Waals surface area contributed by atoms with Crippen molar-refractivity contribution in [3.05, 3.63) is 47.7 Å². The van der Waals surface area contributed by atoms with Gasteiger partial charge in [-0.3, -0.25) is 4.98 Å². The first-order chi connectivity index (χ1) is 9.55. The molecule has 0 bridgehead atoms. The fraction of sp³-hybridized carbons (Fsp3) is 0.353. The molecule has 0 aliphatic carbocycles. The van der Waals surface area contributed by atoms with Gasteiger partial charge in [-0.05, 0) is 22.8 Å². The van der Waals surface area contributed by atoms with Crippen LogP contribution in [-0.4, -0.2) is 19.6 Å². The highest BCUT2D eigenvalue weighted by atomic mass is 28.3. The van der Waals surface area contributed by atoms with Crippen molar-refractivity contribution in [1.29, 1.82) is 0 Å². The molecule has 0 fully saturated rings. The van der Waals surface area contributed by atoms with E-state index >= 15 is 0 Å². The van der Waals surface area contributed by atoms with E-state index < -0.39 is 8.07 Å². The van der Waals surface area contributed by atoms with Crippen LogP contribution in [0.5, 0.6) is 0 Å². The Balaban J connectivity index is 2.21. The van der Waals surface area contributed by atoms with Crippen LogP contribution in [-0.2, 0) is 13.0 Å². The summed E-state index contributed by atoms with van der Waals surface area (Å²) in [6.45, 7) is 9.16. The third-order valence-corrected chi connectivity index (χ3v) is 5.64. The van der Waals surface area contributed by atoms with Crippen LogP contribution in [0.25, 0.3) is 11.1 Å². The molecule has 1 N–H and O–H groups in total. The van der Waals surface area contributed by atoms with Crippen molar-refractivity contribution in [3.8, 4) is 11.1 Å². The lowest BCUT2D eigenvalue weighted by Crippen LogP contribution is -2.43. The van der Waals surface area contributed by atoms with Gasteiger partial charge in [-0.1, -0.05) is 50.0 Å². The summed E-state index contributed by atoms with van der Waals surface area (Å²) < 4.78 is 0. The molecule has 104 valence electrons. The van der Waals surface area contributed by atoms with Crippen LogP contribution < -0.4 is 10.6 Å². The fourth-order valence-electron chi connectivity index (χ4n) is 2.80. The molecule has 3 rings (SSSR count). The molecular formula is C17H22N2Si. The molecule has 1 aromatic heterocycles. The lowest BCUT2D eigenvalue weighted by atomic mass is 10.0. The molecule has 0 unspecified atom stereocenters. The van der Waals surface area contributed by atoms with Gasteiger partial charge in [0.1, 0.15) is 8.07 Å². The number of nitrogens with zero attached hydrogens (tertiary/aromatic N) is 1. The zero-order valence-corrected chi connectivity index (χ0v) is 13.5. The van der Waals surface area contributed by atoms with E-state index in [0.717, 1.165) is 19.5 Å². The first kappa shape index (κ1) is 13.5. The minimum absolute atomic E-state index is 0.953. The molecule has 0 spiro atoms. The zero-order chi connectivity index (χ0) is 14.2. The molecule has 2 aromatic rings. The topological polar surface area (TPSA) is 24.9 Å². The van der Waals surface area contributed by atoms with Crippen LogP contribution in [0.4, 0.5) is 0 Å². The van der Waals surface area contributed by atoms with E-state index in [2.05, 4.69) is 61.4 Å². The number of benzene rings is 1.